The topological polar surface area (TPSA) is 51.2 Å². The van der Waals surface area contributed by atoms with Gasteiger partial charge in [0.1, 0.15) is 5.76 Å². The summed E-state index contributed by atoms with van der Waals surface area (Å²) in [6.07, 6.45) is 10.8. The van der Waals surface area contributed by atoms with E-state index in [0.717, 1.165) is 12.2 Å². The highest BCUT2D eigenvalue weighted by atomic mass is 16.3. The van der Waals surface area contributed by atoms with Gasteiger partial charge in [-0.3, -0.25) is 11.3 Å². The van der Waals surface area contributed by atoms with E-state index in [4.69, 9.17) is 10.3 Å². The zero-order valence-corrected chi connectivity index (χ0v) is 11.2. The first-order chi connectivity index (χ1) is 8.27. The summed E-state index contributed by atoms with van der Waals surface area (Å²) in [5.74, 6) is 6.53. The van der Waals surface area contributed by atoms with Crippen molar-refractivity contribution in [2.45, 2.75) is 64.8 Å². The Labute approximate surface area is 105 Å². The fourth-order valence-corrected chi connectivity index (χ4v) is 2.12. The van der Waals surface area contributed by atoms with Gasteiger partial charge in [0.25, 0.3) is 0 Å². The van der Waals surface area contributed by atoms with E-state index in [2.05, 4.69) is 18.4 Å². The van der Waals surface area contributed by atoms with E-state index >= 15 is 0 Å². The van der Waals surface area contributed by atoms with Crippen LogP contribution < -0.4 is 11.3 Å². The fourth-order valence-electron chi connectivity index (χ4n) is 2.12. The van der Waals surface area contributed by atoms with E-state index in [1.807, 2.05) is 6.92 Å². The molecule has 0 fully saturated rings. The minimum atomic E-state index is 0.235. The number of furan rings is 1. The van der Waals surface area contributed by atoms with Crippen molar-refractivity contribution in [1.82, 2.24) is 5.43 Å². The standard InChI is InChI=1S/C14H26N2O/c1-3-4-5-6-7-8-9-14(16-15)13-10-12(2)17-11-13/h10-11,14,16H,3-9,15H2,1-2H3. The van der Waals surface area contributed by atoms with E-state index in [1.165, 1.54) is 44.1 Å². The first kappa shape index (κ1) is 14.3. The summed E-state index contributed by atoms with van der Waals surface area (Å²) in [5.41, 5.74) is 4.04. The number of nitrogens with two attached hydrogens (primary N) is 1. The Hall–Kier alpha value is -0.800. The third-order valence-electron chi connectivity index (χ3n) is 3.20. The second-order valence-electron chi connectivity index (χ2n) is 4.77. The van der Waals surface area contributed by atoms with E-state index in [9.17, 15) is 0 Å². The number of nitrogens with one attached hydrogen (secondary N) is 1. The second kappa shape index (κ2) is 8.31. The Balaban J connectivity index is 2.19. The van der Waals surface area contributed by atoms with E-state index in [1.54, 1.807) is 6.26 Å². The highest BCUT2D eigenvalue weighted by molar-refractivity contribution is 5.15. The molecule has 1 atom stereocenters. The maximum absolute atomic E-state index is 5.58. The largest absolute Gasteiger partial charge is 0.469 e. The summed E-state index contributed by atoms with van der Waals surface area (Å²) in [7, 11) is 0. The lowest BCUT2D eigenvalue weighted by atomic mass is 10.0. The molecule has 98 valence electrons. The minimum absolute atomic E-state index is 0.235. The molecule has 0 bridgehead atoms. The van der Waals surface area contributed by atoms with Crippen LogP contribution in [-0.2, 0) is 0 Å². The zero-order chi connectivity index (χ0) is 12.5. The Morgan fingerprint density at radius 3 is 2.53 bits per heavy atom. The van der Waals surface area contributed by atoms with Gasteiger partial charge in [0.05, 0.1) is 6.26 Å². The second-order valence-corrected chi connectivity index (χ2v) is 4.77. The van der Waals surface area contributed by atoms with Crippen molar-refractivity contribution in [2.75, 3.05) is 0 Å². The number of hydrogen-bond donors (Lipinski definition) is 2. The molecule has 0 aliphatic rings. The molecule has 1 heterocycles. The van der Waals surface area contributed by atoms with E-state index in [0.29, 0.717) is 0 Å². The summed E-state index contributed by atoms with van der Waals surface area (Å²) in [6, 6.07) is 2.29. The molecule has 3 heteroatoms. The van der Waals surface area contributed by atoms with Gasteiger partial charge in [-0.15, -0.1) is 0 Å². The van der Waals surface area contributed by atoms with Crippen LogP contribution >= 0.6 is 0 Å². The summed E-state index contributed by atoms with van der Waals surface area (Å²) in [5, 5.41) is 0. The van der Waals surface area contributed by atoms with Crippen molar-refractivity contribution >= 4 is 0 Å². The van der Waals surface area contributed by atoms with Crippen molar-refractivity contribution in [2.24, 2.45) is 5.84 Å². The molecule has 0 saturated heterocycles. The number of hydrogen-bond acceptors (Lipinski definition) is 3. The average Bonchev–Trinajstić information content (AvgIpc) is 2.75. The Morgan fingerprint density at radius 2 is 1.94 bits per heavy atom. The molecule has 3 nitrogen and oxygen atoms in total. The van der Waals surface area contributed by atoms with Crippen LogP contribution in [0, 0.1) is 6.92 Å². The Kier molecular flexibility index (Phi) is 6.97. The van der Waals surface area contributed by atoms with Crippen LogP contribution in [0.15, 0.2) is 16.7 Å². The summed E-state index contributed by atoms with van der Waals surface area (Å²) in [4.78, 5) is 0. The zero-order valence-electron chi connectivity index (χ0n) is 11.2. The number of aryl methyl sites for hydroxylation is 1. The quantitative estimate of drug-likeness (QED) is 0.390. The molecule has 1 aromatic rings. The van der Waals surface area contributed by atoms with Crippen LogP contribution in [0.4, 0.5) is 0 Å². The molecule has 0 aromatic carbocycles. The van der Waals surface area contributed by atoms with Crippen molar-refractivity contribution in [3.05, 3.63) is 23.7 Å². The van der Waals surface area contributed by atoms with Gasteiger partial charge < -0.3 is 4.42 Å². The molecule has 17 heavy (non-hydrogen) atoms. The van der Waals surface area contributed by atoms with Gasteiger partial charge in [-0.05, 0) is 19.4 Å². The predicted molar refractivity (Wildman–Crippen MR) is 71.5 cm³/mol. The maximum Gasteiger partial charge on any atom is 0.101 e. The van der Waals surface area contributed by atoms with Gasteiger partial charge in [0.2, 0.25) is 0 Å². The van der Waals surface area contributed by atoms with Gasteiger partial charge in [-0.2, -0.15) is 0 Å². The van der Waals surface area contributed by atoms with Crippen LogP contribution in [0.3, 0.4) is 0 Å². The fraction of sp³-hybridized carbons (Fsp3) is 0.714. The Bertz CT molecular complexity index is 296. The van der Waals surface area contributed by atoms with Crippen molar-refractivity contribution < 1.29 is 4.42 Å². The van der Waals surface area contributed by atoms with Crippen molar-refractivity contribution in [1.29, 1.82) is 0 Å². The molecule has 0 amide bonds. The molecular formula is C14H26N2O. The van der Waals surface area contributed by atoms with Crippen molar-refractivity contribution in [3.8, 4) is 0 Å². The van der Waals surface area contributed by atoms with Crippen LogP contribution in [0.2, 0.25) is 0 Å². The van der Waals surface area contributed by atoms with Gasteiger partial charge >= 0.3 is 0 Å². The predicted octanol–water partition coefficient (Wildman–Crippen LogP) is 3.84. The van der Waals surface area contributed by atoms with Crippen molar-refractivity contribution in [3.63, 3.8) is 0 Å². The third-order valence-corrected chi connectivity index (χ3v) is 3.20. The minimum Gasteiger partial charge on any atom is -0.469 e. The molecule has 0 aliphatic carbocycles. The van der Waals surface area contributed by atoms with Gasteiger partial charge in [-0.25, -0.2) is 0 Å². The monoisotopic (exact) mass is 238 g/mol. The molecule has 3 N–H and O–H groups in total. The van der Waals surface area contributed by atoms with Crippen LogP contribution in [0.1, 0.15) is 69.2 Å². The van der Waals surface area contributed by atoms with E-state index < -0.39 is 0 Å². The van der Waals surface area contributed by atoms with Crippen LogP contribution in [-0.4, -0.2) is 0 Å². The number of unbranched alkanes of at least 4 members (excludes halogenated alkanes) is 5. The summed E-state index contributed by atoms with van der Waals surface area (Å²) in [6.45, 7) is 4.21. The third kappa shape index (κ3) is 5.37. The normalized spacial score (nSPS) is 12.9. The first-order valence-corrected chi connectivity index (χ1v) is 6.79. The van der Waals surface area contributed by atoms with Gasteiger partial charge in [0, 0.05) is 11.6 Å². The summed E-state index contributed by atoms with van der Waals surface area (Å²) < 4.78 is 5.31. The highest BCUT2D eigenvalue weighted by Crippen LogP contribution is 2.21. The van der Waals surface area contributed by atoms with Gasteiger partial charge in [0.15, 0.2) is 0 Å². The average molecular weight is 238 g/mol. The lowest BCUT2D eigenvalue weighted by Gasteiger charge is -2.13. The first-order valence-electron chi connectivity index (χ1n) is 6.79. The molecule has 0 saturated carbocycles. The SMILES string of the molecule is CCCCCCCCC(NN)c1coc(C)c1. The van der Waals surface area contributed by atoms with Gasteiger partial charge in [-0.1, -0.05) is 45.4 Å². The Morgan fingerprint density at radius 1 is 1.24 bits per heavy atom. The summed E-state index contributed by atoms with van der Waals surface area (Å²) >= 11 is 0. The molecule has 1 aromatic heterocycles. The lowest BCUT2D eigenvalue weighted by Crippen LogP contribution is -2.27. The highest BCUT2D eigenvalue weighted by Gasteiger charge is 2.11. The number of hydrazine groups is 1. The molecular weight excluding hydrogens is 212 g/mol. The van der Waals surface area contributed by atoms with E-state index in [-0.39, 0.29) is 6.04 Å². The maximum atomic E-state index is 5.58. The molecule has 1 unspecified atom stereocenters. The smallest absolute Gasteiger partial charge is 0.101 e. The number of rotatable bonds is 9. The van der Waals surface area contributed by atoms with Crippen LogP contribution in [0.25, 0.3) is 0 Å². The molecule has 1 rings (SSSR count). The van der Waals surface area contributed by atoms with Crippen LogP contribution in [0.5, 0.6) is 0 Å². The lowest BCUT2D eigenvalue weighted by molar-refractivity contribution is 0.468. The molecule has 0 spiro atoms. The molecule has 0 radical (unpaired) electrons. The molecule has 0 aliphatic heterocycles.